The number of nitro groups is 1. The van der Waals surface area contributed by atoms with Crippen LogP contribution in [0.2, 0.25) is 0 Å². The van der Waals surface area contributed by atoms with E-state index in [1.165, 1.54) is 41.2 Å². The zero-order valence-corrected chi connectivity index (χ0v) is 18.7. The lowest BCUT2D eigenvalue weighted by Crippen LogP contribution is -2.33. The molecule has 164 valence electrons. The number of carbonyl (C=O) groups is 1. The van der Waals surface area contributed by atoms with Gasteiger partial charge in [-0.1, -0.05) is 0 Å². The molecular weight excluding hydrogens is 422 g/mol. The molecular formula is C20H23N5O5S. The van der Waals surface area contributed by atoms with E-state index in [-0.39, 0.29) is 23.5 Å². The molecule has 2 aromatic heterocycles. The molecule has 0 unspecified atom stereocenters. The van der Waals surface area contributed by atoms with Crippen molar-refractivity contribution in [1.29, 1.82) is 0 Å². The minimum absolute atomic E-state index is 0.0228. The first kappa shape index (κ1) is 22.4. The zero-order chi connectivity index (χ0) is 22.9. The maximum atomic E-state index is 13.2. The number of nitrogens with zero attached hydrogens (tertiary/aromatic N) is 4. The highest BCUT2D eigenvalue weighted by Gasteiger charge is 2.21. The fraction of sp³-hybridized carbons (Fsp3) is 0.350. The number of anilines is 1. The second-order valence-electron chi connectivity index (χ2n) is 7.31. The van der Waals surface area contributed by atoms with E-state index in [2.05, 4.69) is 10.3 Å². The third kappa shape index (κ3) is 4.57. The number of aryl methyl sites for hydroxylation is 2. The second-order valence-corrected chi connectivity index (χ2v) is 8.51. The van der Waals surface area contributed by atoms with Crippen molar-refractivity contribution in [2.24, 2.45) is 0 Å². The molecule has 2 heterocycles. The molecule has 1 N–H and O–H groups in total. The summed E-state index contributed by atoms with van der Waals surface area (Å²) in [5.74, 6) is 0.177. The molecule has 1 amide bonds. The summed E-state index contributed by atoms with van der Waals surface area (Å²) in [7, 11) is 5.08. The topological polar surface area (TPSA) is 120 Å². The molecule has 3 aromatic rings. The summed E-state index contributed by atoms with van der Waals surface area (Å²) >= 11 is 1.44. The lowest BCUT2D eigenvalue weighted by atomic mass is 10.2. The highest BCUT2D eigenvalue weighted by molar-refractivity contribution is 7.18. The van der Waals surface area contributed by atoms with Gasteiger partial charge in [0, 0.05) is 4.88 Å². The van der Waals surface area contributed by atoms with Gasteiger partial charge >= 0.3 is 0 Å². The van der Waals surface area contributed by atoms with Gasteiger partial charge < -0.3 is 15.0 Å². The van der Waals surface area contributed by atoms with Crippen LogP contribution in [0.15, 0.2) is 23.0 Å². The molecule has 0 aliphatic carbocycles. The highest BCUT2D eigenvalue weighted by atomic mass is 32.1. The molecule has 0 aliphatic rings. The summed E-state index contributed by atoms with van der Waals surface area (Å²) in [4.78, 5) is 44.9. The van der Waals surface area contributed by atoms with Gasteiger partial charge in [0.2, 0.25) is 5.91 Å². The molecule has 31 heavy (non-hydrogen) atoms. The number of hydrogen-bond acceptors (Lipinski definition) is 8. The number of methoxy groups -OCH3 is 1. The Bertz CT molecular complexity index is 1230. The smallest absolute Gasteiger partial charge is 0.296 e. The second kappa shape index (κ2) is 8.82. The molecule has 10 nitrogen and oxygen atoms in total. The lowest BCUT2D eigenvalue weighted by molar-refractivity contribution is -0.384. The molecule has 0 radical (unpaired) electrons. The first-order valence-corrected chi connectivity index (χ1v) is 10.2. The first-order valence-electron chi connectivity index (χ1n) is 9.38. The van der Waals surface area contributed by atoms with E-state index in [4.69, 9.17) is 4.74 Å². The van der Waals surface area contributed by atoms with Crippen molar-refractivity contribution in [3.63, 3.8) is 0 Å². The molecule has 0 aliphatic heterocycles. The van der Waals surface area contributed by atoms with Gasteiger partial charge in [-0.15, -0.1) is 11.3 Å². The molecule has 0 fully saturated rings. The van der Waals surface area contributed by atoms with Crippen LogP contribution in [0.3, 0.4) is 0 Å². The van der Waals surface area contributed by atoms with Crippen LogP contribution in [-0.2, 0) is 17.9 Å². The van der Waals surface area contributed by atoms with E-state index in [0.717, 1.165) is 10.4 Å². The summed E-state index contributed by atoms with van der Waals surface area (Å²) in [5, 5.41) is 14.4. The molecule has 0 atom stereocenters. The summed E-state index contributed by atoms with van der Waals surface area (Å²) in [6.07, 6.45) is 0. The highest BCUT2D eigenvalue weighted by Crippen LogP contribution is 2.29. The number of rotatable bonds is 7. The number of nitro benzene ring substituents is 1. The molecule has 0 saturated heterocycles. The number of amides is 1. The van der Waals surface area contributed by atoms with Crippen LogP contribution in [0, 0.1) is 24.0 Å². The van der Waals surface area contributed by atoms with Gasteiger partial charge in [0.15, 0.2) is 0 Å². The van der Waals surface area contributed by atoms with Crippen LogP contribution in [0.4, 0.5) is 11.4 Å². The zero-order valence-electron chi connectivity index (χ0n) is 17.9. The van der Waals surface area contributed by atoms with E-state index in [1.807, 2.05) is 32.8 Å². The lowest BCUT2D eigenvalue weighted by Gasteiger charge is -2.16. The van der Waals surface area contributed by atoms with Crippen LogP contribution in [0.25, 0.3) is 10.2 Å². The number of benzene rings is 1. The van der Waals surface area contributed by atoms with Crippen molar-refractivity contribution in [3.05, 3.63) is 54.9 Å². The quantitative estimate of drug-likeness (QED) is 0.438. The monoisotopic (exact) mass is 445 g/mol. The average molecular weight is 446 g/mol. The van der Waals surface area contributed by atoms with E-state index in [9.17, 15) is 19.7 Å². The van der Waals surface area contributed by atoms with Crippen LogP contribution in [0.5, 0.6) is 5.75 Å². The maximum Gasteiger partial charge on any atom is 0.296 e. The van der Waals surface area contributed by atoms with E-state index in [1.54, 1.807) is 0 Å². The van der Waals surface area contributed by atoms with Gasteiger partial charge in [-0.05, 0) is 45.6 Å². The Morgan fingerprint density at radius 1 is 1.35 bits per heavy atom. The third-order valence-electron chi connectivity index (χ3n) is 4.80. The van der Waals surface area contributed by atoms with Gasteiger partial charge in [0.25, 0.3) is 11.2 Å². The van der Waals surface area contributed by atoms with E-state index < -0.39 is 10.8 Å². The predicted molar refractivity (Wildman–Crippen MR) is 119 cm³/mol. The van der Waals surface area contributed by atoms with Crippen molar-refractivity contribution < 1.29 is 14.5 Å². The fourth-order valence-corrected chi connectivity index (χ4v) is 4.20. The van der Waals surface area contributed by atoms with Crippen LogP contribution < -0.4 is 15.6 Å². The minimum atomic E-state index is -0.604. The average Bonchev–Trinajstić information content (AvgIpc) is 2.98. The Balaban J connectivity index is 2.00. The number of fused-ring (bicyclic) bond motifs is 1. The van der Waals surface area contributed by atoms with Gasteiger partial charge in [-0.2, -0.15) is 0 Å². The molecule has 11 heteroatoms. The number of ether oxygens (including phenoxy) is 1. The van der Waals surface area contributed by atoms with Crippen molar-refractivity contribution in [2.45, 2.75) is 26.9 Å². The summed E-state index contributed by atoms with van der Waals surface area (Å²) < 4.78 is 6.33. The van der Waals surface area contributed by atoms with Crippen molar-refractivity contribution in [1.82, 2.24) is 14.5 Å². The Morgan fingerprint density at radius 2 is 2.06 bits per heavy atom. The first-order chi connectivity index (χ1) is 14.6. The Morgan fingerprint density at radius 3 is 2.68 bits per heavy atom. The van der Waals surface area contributed by atoms with Gasteiger partial charge in [-0.25, -0.2) is 4.98 Å². The minimum Gasteiger partial charge on any atom is -0.496 e. The number of thiophene rings is 1. The van der Waals surface area contributed by atoms with Gasteiger partial charge in [0.05, 0.1) is 30.0 Å². The maximum absolute atomic E-state index is 13.2. The van der Waals surface area contributed by atoms with Crippen LogP contribution in [-0.4, -0.2) is 46.5 Å². The number of carbonyl (C=O) groups excluding carboxylic acids is 1. The molecule has 1 aromatic carbocycles. The fourth-order valence-electron chi connectivity index (χ4n) is 3.16. The summed E-state index contributed by atoms with van der Waals surface area (Å²) in [6.45, 7) is 3.82. The molecule has 0 saturated carbocycles. The van der Waals surface area contributed by atoms with E-state index in [0.29, 0.717) is 28.3 Å². The molecule has 0 bridgehead atoms. The SMILES string of the molecule is COc1ccc(NC(=O)Cn2c(CN(C)C)nc3sc(C)c(C)c3c2=O)c([N+](=O)[O-])c1. The predicted octanol–water partition coefficient (Wildman–Crippen LogP) is 2.69. The molecule has 0 spiro atoms. The summed E-state index contributed by atoms with van der Waals surface area (Å²) in [5.41, 5.74) is 0.262. The van der Waals surface area contributed by atoms with Gasteiger partial charge in [-0.3, -0.25) is 24.3 Å². The van der Waals surface area contributed by atoms with Crippen LogP contribution >= 0.6 is 11.3 Å². The van der Waals surface area contributed by atoms with Gasteiger partial charge in [0.1, 0.15) is 28.6 Å². The Kier molecular flexibility index (Phi) is 6.37. The number of hydrogen-bond donors (Lipinski definition) is 1. The number of aromatic nitrogens is 2. The normalized spacial score (nSPS) is 11.2. The Hall–Kier alpha value is -3.31. The van der Waals surface area contributed by atoms with Crippen molar-refractivity contribution >= 4 is 38.8 Å². The number of nitrogens with one attached hydrogen (secondary N) is 1. The summed E-state index contributed by atoms with van der Waals surface area (Å²) in [6, 6.07) is 4.13. The molecule has 3 rings (SSSR count). The van der Waals surface area contributed by atoms with Crippen molar-refractivity contribution in [3.8, 4) is 5.75 Å². The largest absolute Gasteiger partial charge is 0.496 e. The van der Waals surface area contributed by atoms with Crippen LogP contribution in [0.1, 0.15) is 16.3 Å². The van der Waals surface area contributed by atoms with Crippen molar-refractivity contribution in [2.75, 3.05) is 26.5 Å². The standard InChI is InChI=1S/C20H23N5O5S/c1-11-12(2)31-19-18(11)20(27)24(16(22-19)9-23(3)4)10-17(26)21-14-7-6-13(30-5)8-15(14)25(28)29/h6-8H,9-10H2,1-5H3,(H,21,26). The Labute approximate surface area is 182 Å². The van der Waals surface area contributed by atoms with E-state index >= 15 is 0 Å². The third-order valence-corrected chi connectivity index (χ3v) is 5.90.